The number of hydrogen-bond acceptors (Lipinski definition) is 5. The quantitative estimate of drug-likeness (QED) is 0.805. The van der Waals surface area contributed by atoms with Crippen LogP contribution in [0.2, 0.25) is 0 Å². The van der Waals surface area contributed by atoms with Gasteiger partial charge in [-0.25, -0.2) is 9.97 Å². The van der Waals surface area contributed by atoms with Gasteiger partial charge >= 0.3 is 0 Å². The smallest absolute Gasteiger partial charge is 0.204 e. The van der Waals surface area contributed by atoms with Crippen molar-refractivity contribution in [1.82, 2.24) is 9.97 Å². The van der Waals surface area contributed by atoms with E-state index < -0.39 is 0 Å². The summed E-state index contributed by atoms with van der Waals surface area (Å²) < 4.78 is 5.45. The van der Waals surface area contributed by atoms with E-state index in [2.05, 4.69) is 34.4 Å². The number of nitrogens with zero attached hydrogens (tertiary/aromatic N) is 2. The van der Waals surface area contributed by atoms with Crippen LogP contribution in [-0.4, -0.2) is 30.7 Å². The van der Waals surface area contributed by atoms with Gasteiger partial charge in [0.25, 0.3) is 0 Å². The zero-order chi connectivity index (χ0) is 15.3. The van der Waals surface area contributed by atoms with Gasteiger partial charge in [0.2, 0.25) is 5.75 Å². The molecule has 1 fully saturated rings. The van der Waals surface area contributed by atoms with E-state index in [-0.39, 0.29) is 0 Å². The van der Waals surface area contributed by atoms with Crippen molar-refractivity contribution >= 4 is 11.6 Å². The normalized spacial score (nSPS) is 17.0. The van der Waals surface area contributed by atoms with Gasteiger partial charge in [-0.1, -0.05) is 26.7 Å². The van der Waals surface area contributed by atoms with Crippen LogP contribution < -0.4 is 15.4 Å². The Hall–Kier alpha value is -1.52. The minimum atomic E-state index is 0.407. The maximum Gasteiger partial charge on any atom is 0.204 e. The topological polar surface area (TPSA) is 59.1 Å². The molecule has 0 aromatic carbocycles. The van der Waals surface area contributed by atoms with Gasteiger partial charge in [-0.05, 0) is 30.6 Å². The zero-order valence-corrected chi connectivity index (χ0v) is 13.7. The Morgan fingerprint density at radius 2 is 1.90 bits per heavy atom. The molecule has 1 saturated carbocycles. The molecule has 0 spiro atoms. The first kappa shape index (κ1) is 15.9. The second kappa shape index (κ2) is 6.96. The van der Waals surface area contributed by atoms with Gasteiger partial charge in [0.1, 0.15) is 6.33 Å². The number of nitrogens with one attached hydrogen (secondary N) is 2. The molecule has 5 heteroatoms. The Balaban J connectivity index is 2.11. The van der Waals surface area contributed by atoms with Crippen LogP contribution in [0.25, 0.3) is 0 Å². The molecule has 2 N–H and O–H groups in total. The summed E-state index contributed by atoms with van der Waals surface area (Å²) in [5.74, 6) is 2.92. The van der Waals surface area contributed by atoms with E-state index in [4.69, 9.17) is 4.74 Å². The summed E-state index contributed by atoms with van der Waals surface area (Å²) in [6.07, 6.45) is 8.15. The molecule has 21 heavy (non-hydrogen) atoms. The van der Waals surface area contributed by atoms with E-state index in [9.17, 15) is 0 Å². The monoisotopic (exact) mass is 292 g/mol. The summed E-state index contributed by atoms with van der Waals surface area (Å²) >= 11 is 0. The van der Waals surface area contributed by atoms with Crippen LogP contribution in [0, 0.1) is 11.3 Å². The second-order valence-corrected chi connectivity index (χ2v) is 6.51. The number of hydrogen-bond donors (Lipinski definition) is 2. The standard InChI is InChI=1S/C16H28N4O/c1-12(2)9-16(7-5-6-8-16)10-18-15-13(21-4)14(17-3)19-11-20-15/h11-12H,5-10H2,1-4H3,(H2,17,18,19,20). The van der Waals surface area contributed by atoms with Gasteiger partial charge in [0, 0.05) is 13.6 Å². The molecular weight excluding hydrogens is 264 g/mol. The first-order valence-electron chi connectivity index (χ1n) is 7.91. The van der Waals surface area contributed by atoms with Gasteiger partial charge in [0.05, 0.1) is 7.11 Å². The van der Waals surface area contributed by atoms with Crippen molar-refractivity contribution in [3.05, 3.63) is 6.33 Å². The first-order chi connectivity index (χ1) is 10.1. The summed E-state index contributed by atoms with van der Waals surface area (Å²) in [6.45, 7) is 5.58. The van der Waals surface area contributed by atoms with Crippen molar-refractivity contribution in [1.29, 1.82) is 0 Å². The van der Waals surface area contributed by atoms with Gasteiger partial charge in [-0.15, -0.1) is 0 Å². The van der Waals surface area contributed by atoms with Crippen LogP contribution in [-0.2, 0) is 0 Å². The lowest BCUT2D eigenvalue weighted by Gasteiger charge is -2.31. The Morgan fingerprint density at radius 3 is 2.48 bits per heavy atom. The summed E-state index contributed by atoms with van der Waals surface area (Å²) in [5.41, 5.74) is 0.407. The molecule has 0 bridgehead atoms. The van der Waals surface area contributed by atoms with Gasteiger partial charge in [-0.2, -0.15) is 0 Å². The molecule has 0 amide bonds. The molecule has 1 aromatic rings. The highest BCUT2D eigenvalue weighted by molar-refractivity contribution is 5.63. The van der Waals surface area contributed by atoms with Gasteiger partial charge in [0.15, 0.2) is 11.6 Å². The zero-order valence-electron chi connectivity index (χ0n) is 13.7. The molecule has 0 atom stereocenters. The van der Waals surface area contributed by atoms with E-state index in [1.54, 1.807) is 13.4 Å². The lowest BCUT2D eigenvalue weighted by Crippen LogP contribution is -2.29. The van der Waals surface area contributed by atoms with Crippen LogP contribution in [0.4, 0.5) is 11.6 Å². The highest BCUT2D eigenvalue weighted by Gasteiger charge is 2.34. The first-order valence-corrected chi connectivity index (χ1v) is 7.91. The largest absolute Gasteiger partial charge is 0.490 e. The maximum absolute atomic E-state index is 5.45. The Morgan fingerprint density at radius 1 is 1.24 bits per heavy atom. The molecule has 0 saturated heterocycles. The van der Waals surface area contributed by atoms with Crippen LogP contribution >= 0.6 is 0 Å². The van der Waals surface area contributed by atoms with E-state index in [1.165, 1.54) is 32.1 Å². The molecule has 1 aliphatic rings. The molecule has 118 valence electrons. The lowest BCUT2D eigenvalue weighted by molar-refractivity contribution is 0.252. The highest BCUT2D eigenvalue weighted by Crippen LogP contribution is 2.43. The molecule has 1 aliphatic carbocycles. The van der Waals surface area contributed by atoms with E-state index in [0.717, 1.165) is 24.1 Å². The van der Waals surface area contributed by atoms with Gasteiger partial charge < -0.3 is 15.4 Å². The van der Waals surface area contributed by atoms with Crippen LogP contribution in [0.15, 0.2) is 6.33 Å². The summed E-state index contributed by atoms with van der Waals surface area (Å²) in [7, 11) is 3.50. The molecule has 1 heterocycles. The molecule has 1 aromatic heterocycles. The van der Waals surface area contributed by atoms with Crippen molar-refractivity contribution < 1.29 is 4.74 Å². The fourth-order valence-corrected chi connectivity index (χ4v) is 3.59. The minimum absolute atomic E-state index is 0.407. The summed E-state index contributed by atoms with van der Waals surface area (Å²) in [4.78, 5) is 8.53. The van der Waals surface area contributed by atoms with Crippen LogP contribution in [0.5, 0.6) is 5.75 Å². The minimum Gasteiger partial charge on any atom is -0.490 e. The highest BCUT2D eigenvalue weighted by atomic mass is 16.5. The van der Waals surface area contributed by atoms with Crippen molar-refractivity contribution in [3.63, 3.8) is 0 Å². The van der Waals surface area contributed by atoms with Crippen LogP contribution in [0.3, 0.4) is 0 Å². The number of ether oxygens (including phenoxy) is 1. The van der Waals surface area contributed by atoms with E-state index >= 15 is 0 Å². The fourth-order valence-electron chi connectivity index (χ4n) is 3.59. The number of anilines is 2. The van der Waals surface area contributed by atoms with Crippen molar-refractivity contribution in [2.24, 2.45) is 11.3 Å². The molecule has 0 unspecified atom stereocenters. The van der Waals surface area contributed by atoms with Crippen LogP contribution in [0.1, 0.15) is 46.0 Å². The third-order valence-corrected chi connectivity index (χ3v) is 4.38. The summed E-state index contributed by atoms with van der Waals surface area (Å²) in [5, 5.41) is 6.55. The van der Waals surface area contributed by atoms with Crippen molar-refractivity contribution in [3.8, 4) is 5.75 Å². The maximum atomic E-state index is 5.45. The fraction of sp³-hybridized carbons (Fsp3) is 0.750. The van der Waals surface area contributed by atoms with E-state index in [0.29, 0.717) is 11.2 Å². The third-order valence-electron chi connectivity index (χ3n) is 4.38. The predicted octanol–water partition coefficient (Wildman–Crippen LogP) is 3.55. The van der Waals surface area contributed by atoms with Crippen molar-refractivity contribution in [2.45, 2.75) is 46.0 Å². The SMILES string of the molecule is CNc1ncnc(NCC2(CC(C)C)CCCC2)c1OC. The third kappa shape index (κ3) is 3.77. The Bertz CT molecular complexity index is 456. The van der Waals surface area contributed by atoms with Gasteiger partial charge in [-0.3, -0.25) is 0 Å². The number of aromatic nitrogens is 2. The average Bonchev–Trinajstić information content (AvgIpc) is 2.92. The Kier molecular flexibility index (Phi) is 5.26. The molecule has 5 nitrogen and oxygen atoms in total. The molecule has 2 rings (SSSR count). The lowest BCUT2D eigenvalue weighted by atomic mass is 9.78. The van der Waals surface area contributed by atoms with Crippen molar-refractivity contribution in [2.75, 3.05) is 31.3 Å². The van der Waals surface area contributed by atoms with E-state index in [1.807, 2.05) is 7.05 Å². The molecule has 0 radical (unpaired) electrons. The second-order valence-electron chi connectivity index (χ2n) is 6.51. The predicted molar refractivity (Wildman–Crippen MR) is 87.0 cm³/mol. The average molecular weight is 292 g/mol. The number of rotatable bonds is 7. The summed E-state index contributed by atoms with van der Waals surface area (Å²) in [6, 6.07) is 0. The Labute approximate surface area is 127 Å². The molecule has 0 aliphatic heterocycles. The molecular formula is C16H28N4O. The number of methoxy groups -OCH3 is 1.